The molecule has 0 aromatic heterocycles. The van der Waals surface area contributed by atoms with E-state index < -0.39 is 5.91 Å². The lowest BCUT2D eigenvalue weighted by Crippen LogP contribution is -2.18. The molecular formula is C18H19N3O3S. The van der Waals surface area contributed by atoms with Crippen LogP contribution in [0.1, 0.15) is 22.8 Å². The molecule has 0 saturated heterocycles. The Kier molecular flexibility index (Phi) is 6.59. The van der Waals surface area contributed by atoms with E-state index in [1.165, 1.54) is 14.0 Å². The Labute approximate surface area is 150 Å². The molecule has 0 radical (unpaired) electrons. The standard InChI is InChI=1S/C18H19N3O3S/c1-12(22)20-14-6-9-16(17(10-14)24-2)18(23)21-19-11-13-4-7-15(25-3)8-5-13/h4-11H,1-3H3,(H,20,22)(H,21,23). The summed E-state index contributed by atoms with van der Waals surface area (Å²) in [6.45, 7) is 1.41. The highest BCUT2D eigenvalue weighted by atomic mass is 32.2. The van der Waals surface area contributed by atoms with E-state index in [9.17, 15) is 9.59 Å². The third-order valence-corrected chi connectivity index (χ3v) is 4.01. The fourth-order valence-corrected chi connectivity index (χ4v) is 2.48. The van der Waals surface area contributed by atoms with Crippen molar-refractivity contribution in [2.45, 2.75) is 11.8 Å². The van der Waals surface area contributed by atoms with E-state index >= 15 is 0 Å². The Balaban J connectivity index is 2.06. The Morgan fingerprint density at radius 1 is 1.16 bits per heavy atom. The first-order valence-electron chi connectivity index (χ1n) is 7.46. The molecule has 2 aromatic rings. The van der Waals surface area contributed by atoms with Gasteiger partial charge >= 0.3 is 0 Å². The highest BCUT2D eigenvalue weighted by Crippen LogP contribution is 2.23. The maximum Gasteiger partial charge on any atom is 0.275 e. The second kappa shape index (κ2) is 8.89. The number of rotatable bonds is 6. The summed E-state index contributed by atoms with van der Waals surface area (Å²) in [4.78, 5) is 24.5. The van der Waals surface area contributed by atoms with Gasteiger partial charge in [-0.25, -0.2) is 5.43 Å². The van der Waals surface area contributed by atoms with Gasteiger partial charge in [-0.05, 0) is 36.1 Å². The Bertz CT molecular complexity index is 789. The number of carbonyl (C=O) groups excluding carboxylic acids is 2. The summed E-state index contributed by atoms with van der Waals surface area (Å²) < 4.78 is 5.21. The summed E-state index contributed by atoms with van der Waals surface area (Å²) in [6, 6.07) is 12.6. The van der Waals surface area contributed by atoms with E-state index in [2.05, 4.69) is 15.8 Å². The first-order chi connectivity index (χ1) is 12.0. The summed E-state index contributed by atoms with van der Waals surface area (Å²) in [5.41, 5.74) is 4.23. The molecule has 0 bridgehead atoms. The highest BCUT2D eigenvalue weighted by Gasteiger charge is 2.12. The molecule has 2 N–H and O–H groups in total. The number of ether oxygens (including phenoxy) is 1. The minimum absolute atomic E-state index is 0.198. The number of carbonyl (C=O) groups is 2. The van der Waals surface area contributed by atoms with Crippen molar-refractivity contribution < 1.29 is 14.3 Å². The van der Waals surface area contributed by atoms with Gasteiger partial charge in [-0.1, -0.05) is 12.1 Å². The minimum atomic E-state index is -0.400. The van der Waals surface area contributed by atoms with Gasteiger partial charge in [0.2, 0.25) is 5.91 Å². The van der Waals surface area contributed by atoms with Crippen LogP contribution in [0.5, 0.6) is 5.75 Å². The van der Waals surface area contributed by atoms with Crippen LogP contribution in [0.2, 0.25) is 0 Å². The van der Waals surface area contributed by atoms with Gasteiger partial charge in [0.25, 0.3) is 5.91 Å². The first kappa shape index (κ1) is 18.5. The number of hydrogen-bond acceptors (Lipinski definition) is 5. The van der Waals surface area contributed by atoms with Crippen molar-refractivity contribution in [3.05, 3.63) is 53.6 Å². The quantitative estimate of drug-likeness (QED) is 0.473. The average molecular weight is 357 g/mol. The zero-order chi connectivity index (χ0) is 18.2. The third kappa shape index (κ3) is 5.36. The maximum absolute atomic E-state index is 12.3. The van der Waals surface area contributed by atoms with Gasteiger partial charge < -0.3 is 10.1 Å². The fourth-order valence-electron chi connectivity index (χ4n) is 2.08. The van der Waals surface area contributed by atoms with Gasteiger partial charge in [-0.3, -0.25) is 9.59 Å². The number of anilines is 1. The second-order valence-electron chi connectivity index (χ2n) is 5.07. The Morgan fingerprint density at radius 3 is 2.48 bits per heavy atom. The van der Waals surface area contributed by atoms with E-state index in [1.54, 1.807) is 36.2 Å². The molecule has 0 heterocycles. The van der Waals surface area contributed by atoms with Crippen molar-refractivity contribution in [3.63, 3.8) is 0 Å². The Hall–Kier alpha value is -2.80. The van der Waals surface area contributed by atoms with Gasteiger partial charge in [0.1, 0.15) is 5.75 Å². The predicted octanol–water partition coefficient (Wildman–Crippen LogP) is 3.14. The number of hydrazone groups is 1. The third-order valence-electron chi connectivity index (χ3n) is 3.26. The second-order valence-corrected chi connectivity index (χ2v) is 5.95. The fraction of sp³-hybridized carbons (Fsp3) is 0.167. The topological polar surface area (TPSA) is 79.8 Å². The lowest BCUT2D eigenvalue weighted by atomic mass is 10.1. The molecule has 25 heavy (non-hydrogen) atoms. The van der Waals surface area contributed by atoms with Gasteiger partial charge in [0.05, 0.1) is 18.9 Å². The van der Waals surface area contributed by atoms with Gasteiger partial charge in [0, 0.05) is 23.6 Å². The molecule has 0 atom stereocenters. The molecular weight excluding hydrogens is 338 g/mol. The van der Waals surface area contributed by atoms with Gasteiger partial charge in [-0.2, -0.15) is 5.10 Å². The largest absolute Gasteiger partial charge is 0.496 e. The lowest BCUT2D eigenvalue weighted by molar-refractivity contribution is -0.114. The molecule has 2 aromatic carbocycles. The number of nitrogens with one attached hydrogen (secondary N) is 2. The zero-order valence-electron chi connectivity index (χ0n) is 14.2. The summed E-state index contributed by atoms with van der Waals surface area (Å²) in [5.74, 6) is -0.247. The molecule has 7 heteroatoms. The van der Waals surface area contributed by atoms with E-state index in [1.807, 2.05) is 30.5 Å². The van der Waals surface area contributed by atoms with E-state index in [-0.39, 0.29) is 5.91 Å². The highest BCUT2D eigenvalue weighted by molar-refractivity contribution is 7.98. The number of hydrogen-bond donors (Lipinski definition) is 2. The number of nitrogens with zero attached hydrogens (tertiary/aromatic N) is 1. The average Bonchev–Trinajstić information content (AvgIpc) is 2.61. The molecule has 6 nitrogen and oxygen atoms in total. The van der Waals surface area contributed by atoms with Crippen LogP contribution in [0.4, 0.5) is 5.69 Å². The normalized spacial score (nSPS) is 10.5. The summed E-state index contributed by atoms with van der Waals surface area (Å²) in [7, 11) is 1.46. The van der Waals surface area contributed by atoms with Crippen molar-refractivity contribution in [2.24, 2.45) is 5.10 Å². The molecule has 0 aliphatic heterocycles. The minimum Gasteiger partial charge on any atom is -0.496 e. The van der Waals surface area contributed by atoms with E-state index in [0.717, 1.165) is 10.5 Å². The van der Waals surface area contributed by atoms with Crippen LogP contribution < -0.4 is 15.5 Å². The molecule has 0 aliphatic carbocycles. The van der Waals surface area contributed by atoms with Crippen molar-refractivity contribution in [1.82, 2.24) is 5.43 Å². The van der Waals surface area contributed by atoms with Crippen molar-refractivity contribution in [1.29, 1.82) is 0 Å². The number of amides is 2. The smallest absolute Gasteiger partial charge is 0.275 e. The lowest BCUT2D eigenvalue weighted by Gasteiger charge is -2.09. The summed E-state index contributed by atoms with van der Waals surface area (Å²) in [6.07, 6.45) is 3.58. The molecule has 2 rings (SSSR count). The van der Waals surface area contributed by atoms with Crippen LogP contribution in [-0.4, -0.2) is 31.4 Å². The Morgan fingerprint density at radius 2 is 1.88 bits per heavy atom. The molecule has 0 unspecified atom stereocenters. The molecule has 130 valence electrons. The van der Waals surface area contributed by atoms with Crippen LogP contribution in [0.25, 0.3) is 0 Å². The SMILES string of the molecule is COc1cc(NC(C)=O)ccc1C(=O)NN=Cc1ccc(SC)cc1. The monoisotopic (exact) mass is 357 g/mol. The van der Waals surface area contributed by atoms with E-state index in [4.69, 9.17) is 4.74 Å². The van der Waals surface area contributed by atoms with Crippen LogP contribution in [0.15, 0.2) is 52.5 Å². The number of thioether (sulfide) groups is 1. The van der Waals surface area contributed by atoms with Crippen LogP contribution in [-0.2, 0) is 4.79 Å². The molecule has 0 saturated carbocycles. The number of benzene rings is 2. The van der Waals surface area contributed by atoms with Crippen LogP contribution in [0.3, 0.4) is 0 Å². The maximum atomic E-state index is 12.3. The number of methoxy groups -OCH3 is 1. The zero-order valence-corrected chi connectivity index (χ0v) is 15.0. The molecule has 0 aliphatic rings. The summed E-state index contributed by atoms with van der Waals surface area (Å²) in [5, 5.41) is 6.60. The van der Waals surface area contributed by atoms with Gasteiger partial charge in [-0.15, -0.1) is 11.8 Å². The van der Waals surface area contributed by atoms with E-state index in [0.29, 0.717) is 17.0 Å². The van der Waals surface area contributed by atoms with Crippen LogP contribution in [0, 0.1) is 0 Å². The predicted molar refractivity (Wildman–Crippen MR) is 101 cm³/mol. The molecule has 2 amide bonds. The van der Waals surface area contributed by atoms with Crippen molar-refractivity contribution in [2.75, 3.05) is 18.7 Å². The van der Waals surface area contributed by atoms with Crippen molar-refractivity contribution >= 4 is 35.5 Å². The molecule has 0 fully saturated rings. The van der Waals surface area contributed by atoms with Crippen molar-refractivity contribution in [3.8, 4) is 5.75 Å². The molecule has 0 spiro atoms. The summed E-state index contributed by atoms with van der Waals surface area (Å²) >= 11 is 1.66. The first-order valence-corrected chi connectivity index (χ1v) is 8.69. The van der Waals surface area contributed by atoms with Crippen LogP contribution >= 0.6 is 11.8 Å². The van der Waals surface area contributed by atoms with Gasteiger partial charge in [0.15, 0.2) is 0 Å².